The summed E-state index contributed by atoms with van der Waals surface area (Å²) < 4.78 is 0. The standard InChI is InChI=1S/C8H19N.C7H17N.C4H11N/c1-7(2)6-9(5)8(3)4;1-5-8(6-2)7(3)4;1-4(2)5-3/h7-8H,6H2,1-5H3;7H,5-6H2,1-4H3;4-5H,1-3H3. The van der Waals surface area contributed by atoms with E-state index in [4.69, 9.17) is 0 Å². The van der Waals surface area contributed by atoms with Crippen LogP contribution in [0, 0.1) is 5.92 Å². The first-order valence-electron chi connectivity index (χ1n) is 9.14. The summed E-state index contributed by atoms with van der Waals surface area (Å²) in [5.74, 6) is 0.789. The van der Waals surface area contributed by atoms with E-state index in [2.05, 4.69) is 91.4 Å². The van der Waals surface area contributed by atoms with Crippen LogP contribution in [0.25, 0.3) is 0 Å². The van der Waals surface area contributed by atoms with Crippen molar-refractivity contribution >= 4 is 0 Å². The Hall–Kier alpha value is -0.120. The highest BCUT2D eigenvalue weighted by Gasteiger charge is 2.03. The quantitative estimate of drug-likeness (QED) is 0.754. The van der Waals surface area contributed by atoms with Crippen molar-refractivity contribution in [1.29, 1.82) is 0 Å². The van der Waals surface area contributed by atoms with Crippen molar-refractivity contribution in [3.8, 4) is 0 Å². The van der Waals surface area contributed by atoms with Gasteiger partial charge in [-0.15, -0.1) is 0 Å². The SMILES string of the molecule is CC(C)CN(C)C(C)C.CCN(CC)C(C)C.CNC(C)C. The van der Waals surface area contributed by atoms with Crippen LogP contribution in [0.2, 0.25) is 0 Å². The van der Waals surface area contributed by atoms with Gasteiger partial charge in [0.2, 0.25) is 0 Å². The molecule has 0 spiro atoms. The molecule has 0 heterocycles. The van der Waals surface area contributed by atoms with Gasteiger partial charge in [-0.3, -0.25) is 0 Å². The van der Waals surface area contributed by atoms with E-state index < -0.39 is 0 Å². The van der Waals surface area contributed by atoms with Gasteiger partial charge in [0.05, 0.1) is 0 Å². The average molecular weight is 318 g/mol. The molecule has 0 aromatic rings. The summed E-state index contributed by atoms with van der Waals surface area (Å²) in [6, 6.07) is 2.03. The molecule has 0 atom stereocenters. The lowest BCUT2D eigenvalue weighted by molar-refractivity contribution is 0.244. The van der Waals surface area contributed by atoms with E-state index in [-0.39, 0.29) is 0 Å². The fourth-order valence-electron chi connectivity index (χ4n) is 1.74. The van der Waals surface area contributed by atoms with Crippen LogP contribution < -0.4 is 5.32 Å². The van der Waals surface area contributed by atoms with Gasteiger partial charge in [0.25, 0.3) is 0 Å². The molecule has 0 saturated heterocycles. The molecule has 0 fully saturated rings. The topological polar surface area (TPSA) is 18.5 Å². The van der Waals surface area contributed by atoms with Crippen molar-refractivity contribution in [3.63, 3.8) is 0 Å². The zero-order chi connectivity index (χ0) is 18.3. The van der Waals surface area contributed by atoms with Crippen LogP contribution in [0.3, 0.4) is 0 Å². The maximum atomic E-state index is 3.03. The Balaban J connectivity index is -0.000000257. The molecule has 0 aliphatic heterocycles. The molecule has 0 unspecified atom stereocenters. The molecule has 22 heavy (non-hydrogen) atoms. The zero-order valence-corrected chi connectivity index (χ0v) is 17.8. The molecule has 0 amide bonds. The second-order valence-electron chi connectivity index (χ2n) is 7.19. The molecule has 0 aliphatic rings. The van der Waals surface area contributed by atoms with Crippen LogP contribution in [-0.2, 0) is 0 Å². The van der Waals surface area contributed by atoms with Gasteiger partial charge in [-0.25, -0.2) is 0 Å². The van der Waals surface area contributed by atoms with Crippen molar-refractivity contribution in [1.82, 2.24) is 15.1 Å². The Bertz CT molecular complexity index is 197. The van der Waals surface area contributed by atoms with Crippen LogP contribution in [0.4, 0.5) is 0 Å². The Morgan fingerprint density at radius 2 is 1.14 bits per heavy atom. The van der Waals surface area contributed by atoms with Crippen molar-refractivity contribution in [3.05, 3.63) is 0 Å². The first-order valence-corrected chi connectivity index (χ1v) is 9.14. The normalized spacial score (nSPS) is 11.2. The average Bonchev–Trinajstić information content (AvgIpc) is 2.40. The van der Waals surface area contributed by atoms with E-state index in [0.717, 1.165) is 5.92 Å². The molecule has 0 bridgehead atoms. The summed E-state index contributed by atoms with van der Waals surface area (Å²) in [6.45, 7) is 25.6. The lowest BCUT2D eigenvalue weighted by atomic mass is 10.2. The maximum Gasteiger partial charge on any atom is 0.00383 e. The molecular formula is C19H47N3. The fourth-order valence-corrected chi connectivity index (χ4v) is 1.74. The summed E-state index contributed by atoms with van der Waals surface area (Å²) in [7, 11) is 4.12. The smallest absolute Gasteiger partial charge is 0.00383 e. The molecule has 0 saturated carbocycles. The minimum atomic E-state index is 0.634. The van der Waals surface area contributed by atoms with E-state index in [1.807, 2.05) is 7.05 Å². The van der Waals surface area contributed by atoms with Gasteiger partial charge in [0, 0.05) is 24.7 Å². The molecule has 3 heteroatoms. The molecule has 0 radical (unpaired) electrons. The Morgan fingerprint density at radius 1 is 0.773 bits per heavy atom. The Labute approximate surface area is 142 Å². The van der Waals surface area contributed by atoms with Crippen LogP contribution in [-0.4, -0.2) is 61.7 Å². The van der Waals surface area contributed by atoms with E-state index in [9.17, 15) is 0 Å². The van der Waals surface area contributed by atoms with E-state index >= 15 is 0 Å². The number of nitrogens with one attached hydrogen (secondary N) is 1. The lowest BCUT2D eigenvalue weighted by Gasteiger charge is -2.22. The summed E-state index contributed by atoms with van der Waals surface area (Å²) in [6.07, 6.45) is 0. The fraction of sp³-hybridized carbons (Fsp3) is 1.00. The molecule has 0 aromatic heterocycles. The number of rotatable bonds is 7. The van der Waals surface area contributed by atoms with Crippen molar-refractivity contribution in [2.24, 2.45) is 5.92 Å². The first-order chi connectivity index (χ1) is 10.0. The summed E-state index contributed by atoms with van der Waals surface area (Å²) in [5.41, 5.74) is 0. The highest BCUT2D eigenvalue weighted by molar-refractivity contribution is 4.58. The third-order valence-electron chi connectivity index (χ3n) is 3.65. The molecule has 3 nitrogen and oxygen atoms in total. The highest BCUT2D eigenvalue weighted by Crippen LogP contribution is 1.99. The van der Waals surface area contributed by atoms with Gasteiger partial charge in [-0.2, -0.15) is 0 Å². The van der Waals surface area contributed by atoms with Crippen LogP contribution in [0.5, 0.6) is 0 Å². The van der Waals surface area contributed by atoms with Crippen LogP contribution in [0.1, 0.15) is 69.2 Å². The molecular weight excluding hydrogens is 270 g/mol. The van der Waals surface area contributed by atoms with Gasteiger partial charge in [0.15, 0.2) is 0 Å². The van der Waals surface area contributed by atoms with Crippen LogP contribution in [0.15, 0.2) is 0 Å². The lowest BCUT2D eigenvalue weighted by Crippen LogP contribution is -2.29. The summed E-state index contributed by atoms with van der Waals surface area (Å²) >= 11 is 0. The minimum Gasteiger partial charge on any atom is -0.318 e. The second kappa shape index (κ2) is 17.2. The predicted molar refractivity (Wildman–Crippen MR) is 105 cm³/mol. The maximum absolute atomic E-state index is 3.03. The highest BCUT2D eigenvalue weighted by atomic mass is 15.1. The number of nitrogens with zero attached hydrogens (tertiary/aromatic N) is 2. The summed E-state index contributed by atoms with van der Waals surface area (Å²) in [5, 5.41) is 3.03. The molecule has 138 valence electrons. The number of hydrogen-bond acceptors (Lipinski definition) is 3. The number of hydrogen-bond donors (Lipinski definition) is 1. The minimum absolute atomic E-state index is 0.634. The van der Waals surface area contributed by atoms with Crippen molar-refractivity contribution in [2.45, 2.75) is 87.4 Å². The van der Waals surface area contributed by atoms with Gasteiger partial charge in [0.1, 0.15) is 0 Å². The van der Waals surface area contributed by atoms with Gasteiger partial charge in [-0.1, -0.05) is 41.5 Å². The van der Waals surface area contributed by atoms with Crippen LogP contribution >= 0.6 is 0 Å². The molecule has 0 rings (SSSR count). The molecule has 0 aromatic carbocycles. The van der Waals surface area contributed by atoms with E-state index in [1.165, 1.54) is 19.6 Å². The predicted octanol–water partition coefficient (Wildman–Crippen LogP) is 4.33. The largest absolute Gasteiger partial charge is 0.318 e. The zero-order valence-electron chi connectivity index (χ0n) is 17.8. The van der Waals surface area contributed by atoms with Gasteiger partial charge < -0.3 is 15.1 Å². The van der Waals surface area contributed by atoms with E-state index in [1.54, 1.807) is 0 Å². The van der Waals surface area contributed by atoms with E-state index in [0.29, 0.717) is 18.1 Å². The second-order valence-corrected chi connectivity index (χ2v) is 7.19. The third kappa shape index (κ3) is 22.2. The Morgan fingerprint density at radius 3 is 1.18 bits per heavy atom. The monoisotopic (exact) mass is 317 g/mol. The van der Waals surface area contributed by atoms with Gasteiger partial charge >= 0.3 is 0 Å². The van der Waals surface area contributed by atoms with Crippen molar-refractivity contribution < 1.29 is 0 Å². The third-order valence-corrected chi connectivity index (χ3v) is 3.65. The Kier molecular flexibility index (Phi) is 21.0. The first kappa shape index (κ1) is 26.8. The molecule has 0 aliphatic carbocycles. The summed E-state index contributed by atoms with van der Waals surface area (Å²) in [4.78, 5) is 4.78. The van der Waals surface area contributed by atoms with Crippen molar-refractivity contribution in [2.75, 3.05) is 33.7 Å². The molecule has 1 N–H and O–H groups in total. The van der Waals surface area contributed by atoms with Gasteiger partial charge in [-0.05, 0) is 60.8 Å².